The Kier molecular flexibility index (Phi) is 1.74. The van der Waals surface area contributed by atoms with Gasteiger partial charge in [-0.15, -0.1) is 0 Å². The molecule has 4 heteroatoms. The first kappa shape index (κ1) is 9.36. The number of benzene rings is 1. The van der Waals surface area contributed by atoms with Crippen LogP contribution in [0, 0.1) is 0 Å². The molecule has 0 saturated heterocycles. The Labute approximate surface area is 98.9 Å². The molecule has 2 N–H and O–H groups in total. The van der Waals surface area contributed by atoms with Gasteiger partial charge in [0, 0.05) is 28.7 Å². The molecule has 0 bridgehead atoms. The van der Waals surface area contributed by atoms with E-state index in [1.807, 2.05) is 6.07 Å². The quantitative estimate of drug-likeness (QED) is 0.728. The maximum absolute atomic E-state index is 5.44. The summed E-state index contributed by atoms with van der Waals surface area (Å²) in [6.45, 7) is 3.56. The molecule has 0 aliphatic carbocycles. The van der Waals surface area contributed by atoms with Crippen LogP contribution < -0.4 is 14.8 Å². The minimum atomic E-state index is 0.335. The Morgan fingerprint density at radius 1 is 1.24 bits per heavy atom. The van der Waals surface area contributed by atoms with Gasteiger partial charge >= 0.3 is 0 Å². The van der Waals surface area contributed by atoms with Crippen LogP contribution in [0.5, 0.6) is 11.5 Å². The molecule has 4 rings (SSSR count). The van der Waals surface area contributed by atoms with E-state index >= 15 is 0 Å². The highest BCUT2D eigenvalue weighted by Gasteiger charge is 2.23. The van der Waals surface area contributed by atoms with Crippen LogP contribution in [0.2, 0.25) is 0 Å². The third-order valence-electron chi connectivity index (χ3n) is 3.69. The lowest BCUT2D eigenvalue weighted by atomic mass is 10.0. The molecule has 1 aromatic heterocycles. The standard InChI is InChI=1S/C13H14N2O2/c1-7-13-8(2-3-14-7)9-4-11-12(17-6-16-11)5-10(9)15-13/h4-5,7,14-15H,2-3,6H2,1H3. The van der Waals surface area contributed by atoms with Crippen molar-refractivity contribution in [1.82, 2.24) is 10.3 Å². The van der Waals surface area contributed by atoms with Crippen molar-refractivity contribution < 1.29 is 9.47 Å². The molecule has 0 radical (unpaired) electrons. The van der Waals surface area contributed by atoms with Gasteiger partial charge < -0.3 is 19.8 Å². The number of hydrogen-bond donors (Lipinski definition) is 2. The smallest absolute Gasteiger partial charge is 0.231 e. The van der Waals surface area contributed by atoms with E-state index in [2.05, 4.69) is 23.3 Å². The summed E-state index contributed by atoms with van der Waals surface area (Å²) in [6, 6.07) is 4.54. The number of ether oxygens (including phenoxy) is 2. The van der Waals surface area contributed by atoms with E-state index in [4.69, 9.17) is 9.47 Å². The molecule has 0 fully saturated rings. The Morgan fingerprint density at radius 2 is 2.06 bits per heavy atom. The lowest BCUT2D eigenvalue weighted by Crippen LogP contribution is -2.27. The van der Waals surface area contributed by atoms with Crippen molar-refractivity contribution in [2.24, 2.45) is 0 Å². The van der Waals surface area contributed by atoms with Crippen molar-refractivity contribution in [2.45, 2.75) is 19.4 Å². The van der Waals surface area contributed by atoms with Gasteiger partial charge in [-0.25, -0.2) is 0 Å². The molecular weight excluding hydrogens is 216 g/mol. The molecule has 2 aliphatic rings. The monoisotopic (exact) mass is 230 g/mol. The van der Waals surface area contributed by atoms with E-state index in [0.29, 0.717) is 12.8 Å². The first-order valence-corrected chi connectivity index (χ1v) is 6.00. The van der Waals surface area contributed by atoms with Gasteiger partial charge in [0.1, 0.15) is 0 Å². The number of nitrogens with one attached hydrogen (secondary N) is 2. The average Bonchev–Trinajstić information content (AvgIpc) is 2.90. The van der Waals surface area contributed by atoms with E-state index < -0.39 is 0 Å². The predicted octanol–water partition coefficient (Wildman–Crippen LogP) is 2.10. The van der Waals surface area contributed by atoms with Crippen LogP contribution in [0.15, 0.2) is 12.1 Å². The van der Waals surface area contributed by atoms with Gasteiger partial charge in [0.05, 0.1) is 0 Å². The van der Waals surface area contributed by atoms with Crippen LogP contribution in [0.1, 0.15) is 24.2 Å². The normalized spacial score (nSPS) is 21.8. The fraction of sp³-hybridized carbons (Fsp3) is 0.385. The van der Waals surface area contributed by atoms with Crippen molar-refractivity contribution in [2.75, 3.05) is 13.3 Å². The third kappa shape index (κ3) is 1.21. The minimum Gasteiger partial charge on any atom is -0.454 e. The van der Waals surface area contributed by atoms with Crippen molar-refractivity contribution in [3.05, 3.63) is 23.4 Å². The second-order valence-electron chi connectivity index (χ2n) is 4.69. The number of rotatable bonds is 0. The molecule has 1 aromatic carbocycles. The molecule has 4 nitrogen and oxygen atoms in total. The Hall–Kier alpha value is -1.68. The van der Waals surface area contributed by atoms with Gasteiger partial charge in [-0.2, -0.15) is 0 Å². The number of H-pyrrole nitrogens is 1. The highest BCUT2D eigenvalue weighted by atomic mass is 16.7. The Balaban J connectivity index is 2.01. The van der Waals surface area contributed by atoms with Gasteiger partial charge in [-0.05, 0) is 31.5 Å². The summed E-state index contributed by atoms with van der Waals surface area (Å²) in [5.41, 5.74) is 3.87. The molecule has 17 heavy (non-hydrogen) atoms. The maximum Gasteiger partial charge on any atom is 0.231 e. The molecule has 88 valence electrons. The van der Waals surface area contributed by atoms with Crippen LogP contribution in [-0.4, -0.2) is 18.3 Å². The zero-order valence-corrected chi connectivity index (χ0v) is 9.67. The first-order chi connectivity index (χ1) is 8.33. The number of hydrogen-bond acceptors (Lipinski definition) is 3. The van der Waals surface area contributed by atoms with E-state index in [9.17, 15) is 0 Å². The highest BCUT2D eigenvalue weighted by molar-refractivity contribution is 5.88. The summed E-state index contributed by atoms with van der Waals surface area (Å²) in [6.07, 6.45) is 1.07. The fourth-order valence-electron chi connectivity index (χ4n) is 2.82. The lowest BCUT2D eigenvalue weighted by molar-refractivity contribution is 0.174. The summed E-state index contributed by atoms with van der Waals surface area (Å²) < 4.78 is 10.8. The summed E-state index contributed by atoms with van der Waals surface area (Å²) in [4.78, 5) is 3.50. The molecule has 0 spiro atoms. The summed E-state index contributed by atoms with van der Waals surface area (Å²) in [7, 11) is 0. The van der Waals surface area contributed by atoms with E-state index in [0.717, 1.165) is 30.0 Å². The predicted molar refractivity (Wildman–Crippen MR) is 64.5 cm³/mol. The largest absolute Gasteiger partial charge is 0.454 e. The second kappa shape index (κ2) is 3.17. The third-order valence-corrected chi connectivity index (χ3v) is 3.69. The zero-order valence-electron chi connectivity index (χ0n) is 9.67. The van der Waals surface area contributed by atoms with Gasteiger partial charge in [0.15, 0.2) is 11.5 Å². The van der Waals surface area contributed by atoms with E-state index in [1.165, 1.54) is 16.6 Å². The van der Waals surface area contributed by atoms with Crippen molar-refractivity contribution in [3.63, 3.8) is 0 Å². The van der Waals surface area contributed by atoms with Gasteiger partial charge in [-0.1, -0.05) is 0 Å². The number of fused-ring (bicyclic) bond motifs is 4. The van der Waals surface area contributed by atoms with Gasteiger partial charge in [0.2, 0.25) is 6.79 Å². The van der Waals surface area contributed by atoms with Crippen LogP contribution in [0.25, 0.3) is 10.9 Å². The molecule has 3 heterocycles. The van der Waals surface area contributed by atoms with E-state index in [1.54, 1.807) is 0 Å². The Bertz CT molecular complexity index is 603. The van der Waals surface area contributed by atoms with Gasteiger partial charge in [-0.3, -0.25) is 0 Å². The topological polar surface area (TPSA) is 46.3 Å². The number of aromatic amines is 1. The molecule has 0 amide bonds. The van der Waals surface area contributed by atoms with Crippen molar-refractivity contribution >= 4 is 10.9 Å². The minimum absolute atomic E-state index is 0.335. The molecule has 0 saturated carbocycles. The van der Waals surface area contributed by atoms with Crippen molar-refractivity contribution in [3.8, 4) is 11.5 Å². The molecule has 1 unspecified atom stereocenters. The molecule has 1 atom stereocenters. The van der Waals surface area contributed by atoms with E-state index in [-0.39, 0.29) is 0 Å². The second-order valence-corrected chi connectivity index (χ2v) is 4.69. The Morgan fingerprint density at radius 3 is 2.94 bits per heavy atom. The molecule has 2 aliphatic heterocycles. The molecular formula is C13H14N2O2. The van der Waals surface area contributed by atoms with Crippen LogP contribution >= 0.6 is 0 Å². The zero-order chi connectivity index (χ0) is 11.4. The lowest BCUT2D eigenvalue weighted by Gasteiger charge is -2.20. The van der Waals surface area contributed by atoms with Crippen LogP contribution in [-0.2, 0) is 6.42 Å². The van der Waals surface area contributed by atoms with Crippen molar-refractivity contribution in [1.29, 1.82) is 0 Å². The fourth-order valence-corrected chi connectivity index (χ4v) is 2.82. The van der Waals surface area contributed by atoms with Crippen LogP contribution in [0.3, 0.4) is 0 Å². The first-order valence-electron chi connectivity index (χ1n) is 6.00. The molecule has 2 aromatic rings. The summed E-state index contributed by atoms with van der Waals surface area (Å²) in [5.74, 6) is 1.71. The summed E-state index contributed by atoms with van der Waals surface area (Å²) >= 11 is 0. The van der Waals surface area contributed by atoms with Gasteiger partial charge in [0.25, 0.3) is 0 Å². The summed E-state index contributed by atoms with van der Waals surface area (Å²) in [5, 5.41) is 4.74. The maximum atomic E-state index is 5.44. The average molecular weight is 230 g/mol. The number of aromatic nitrogens is 1. The van der Waals surface area contributed by atoms with Crippen LogP contribution in [0.4, 0.5) is 0 Å². The highest BCUT2D eigenvalue weighted by Crippen LogP contribution is 2.39. The SMILES string of the molecule is CC1NCCc2c1[nH]c1cc3c(cc21)OCO3.